The van der Waals surface area contributed by atoms with Gasteiger partial charge in [0.2, 0.25) is 0 Å². The summed E-state index contributed by atoms with van der Waals surface area (Å²) in [5, 5.41) is 19.1. The van der Waals surface area contributed by atoms with Crippen LogP contribution in [0.2, 0.25) is 0 Å². The Hall–Kier alpha value is -0.860. The average molecular weight is 208 g/mol. The van der Waals surface area contributed by atoms with Crippen LogP contribution in [0, 0.1) is 0 Å². The lowest BCUT2D eigenvalue weighted by atomic mass is 10.0. The quantitative estimate of drug-likeness (QED) is 0.752. The van der Waals surface area contributed by atoms with Gasteiger partial charge in [0.05, 0.1) is 12.2 Å². The predicted molar refractivity (Wildman–Crippen MR) is 61.7 cm³/mol. The fourth-order valence-corrected chi connectivity index (χ4v) is 1.58. The Labute approximate surface area is 91.6 Å². The topological polar surface area (TPSA) is 40.5 Å². The molecule has 1 aromatic rings. The highest BCUT2D eigenvalue weighted by atomic mass is 16.3. The van der Waals surface area contributed by atoms with Gasteiger partial charge in [0.1, 0.15) is 0 Å². The summed E-state index contributed by atoms with van der Waals surface area (Å²) in [5.41, 5.74) is 1.15. The summed E-state index contributed by atoms with van der Waals surface area (Å²) in [4.78, 5) is 0. The standard InChI is InChI=1S/C13H20O2/c1-2-12(14)8-9-13(15)10-11-6-4-3-5-7-11/h3-7,12-15H,2,8-10H2,1H3. The maximum atomic E-state index is 9.74. The van der Waals surface area contributed by atoms with Gasteiger partial charge < -0.3 is 10.2 Å². The smallest absolute Gasteiger partial charge is 0.0581 e. The van der Waals surface area contributed by atoms with E-state index in [9.17, 15) is 10.2 Å². The SMILES string of the molecule is CCC(O)CCC(O)Cc1ccccc1. The van der Waals surface area contributed by atoms with Gasteiger partial charge in [0.15, 0.2) is 0 Å². The van der Waals surface area contributed by atoms with E-state index in [-0.39, 0.29) is 12.2 Å². The summed E-state index contributed by atoms with van der Waals surface area (Å²) in [6.45, 7) is 1.95. The first-order chi connectivity index (χ1) is 7.22. The Morgan fingerprint density at radius 3 is 2.20 bits per heavy atom. The summed E-state index contributed by atoms with van der Waals surface area (Å²) in [7, 11) is 0. The molecule has 0 fully saturated rings. The number of aliphatic hydroxyl groups excluding tert-OH is 2. The molecule has 0 aromatic heterocycles. The molecule has 2 unspecified atom stereocenters. The summed E-state index contributed by atoms with van der Waals surface area (Å²) in [6.07, 6.45) is 2.19. The maximum Gasteiger partial charge on any atom is 0.0581 e. The minimum atomic E-state index is -0.339. The molecule has 0 radical (unpaired) electrons. The van der Waals surface area contributed by atoms with Crippen molar-refractivity contribution in [1.29, 1.82) is 0 Å². The van der Waals surface area contributed by atoms with Gasteiger partial charge in [0, 0.05) is 0 Å². The van der Waals surface area contributed by atoms with Gasteiger partial charge in [-0.1, -0.05) is 37.3 Å². The van der Waals surface area contributed by atoms with Crippen molar-refractivity contribution in [2.75, 3.05) is 0 Å². The van der Waals surface area contributed by atoms with Crippen molar-refractivity contribution in [2.24, 2.45) is 0 Å². The normalized spacial score (nSPS) is 14.9. The van der Waals surface area contributed by atoms with E-state index in [0.29, 0.717) is 19.3 Å². The van der Waals surface area contributed by atoms with Crippen LogP contribution < -0.4 is 0 Å². The second-order valence-corrected chi connectivity index (χ2v) is 3.98. The van der Waals surface area contributed by atoms with E-state index in [1.54, 1.807) is 0 Å². The fourth-order valence-electron chi connectivity index (χ4n) is 1.58. The molecular formula is C13H20O2. The van der Waals surface area contributed by atoms with E-state index in [1.165, 1.54) is 0 Å². The van der Waals surface area contributed by atoms with Gasteiger partial charge in [-0.25, -0.2) is 0 Å². The number of aliphatic hydroxyl groups is 2. The van der Waals surface area contributed by atoms with Crippen LogP contribution in [0.25, 0.3) is 0 Å². The third-order valence-electron chi connectivity index (χ3n) is 2.62. The first-order valence-electron chi connectivity index (χ1n) is 5.62. The van der Waals surface area contributed by atoms with E-state index in [2.05, 4.69) is 0 Å². The minimum Gasteiger partial charge on any atom is -0.393 e. The molecule has 0 aliphatic rings. The molecule has 2 atom stereocenters. The van der Waals surface area contributed by atoms with Gasteiger partial charge in [-0.15, -0.1) is 0 Å². The van der Waals surface area contributed by atoms with Gasteiger partial charge in [-0.05, 0) is 31.2 Å². The Balaban J connectivity index is 2.27. The summed E-state index contributed by atoms with van der Waals surface area (Å²) >= 11 is 0. The third kappa shape index (κ3) is 4.96. The van der Waals surface area contributed by atoms with Crippen molar-refractivity contribution in [2.45, 2.75) is 44.8 Å². The number of rotatable bonds is 6. The fraction of sp³-hybridized carbons (Fsp3) is 0.538. The molecule has 2 N–H and O–H groups in total. The molecule has 2 heteroatoms. The molecule has 0 saturated carbocycles. The summed E-state index contributed by atoms with van der Waals surface area (Å²) in [6, 6.07) is 9.95. The van der Waals surface area contributed by atoms with Crippen LogP contribution >= 0.6 is 0 Å². The summed E-state index contributed by atoms with van der Waals surface area (Å²) in [5.74, 6) is 0. The molecule has 1 rings (SSSR count). The minimum absolute atomic E-state index is 0.268. The summed E-state index contributed by atoms with van der Waals surface area (Å²) < 4.78 is 0. The molecule has 0 amide bonds. The second-order valence-electron chi connectivity index (χ2n) is 3.98. The van der Waals surface area contributed by atoms with E-state index < -0.39 is 0 Å². The van der Waals surface area contributed by atoms with E-state index in [4.69, 9.17) is 0 Å². The van der Waals surface area contributed by atoms with Crippen LogP contribution in [-0.4, -0.2) is 22.4 Å². The molecule has 2 nitrogen and oxygen atoms in total. The molecule has 0 spiro atoms. The molecule has 0 aliphatic heterocycles. The van der Waals surface area contributed by atoms with Crippen molar-refractivity contribution in [3.05, 3.63) is 35.9 Å². The van der Waals surface area contributed by atoms with E-state index in [0.717, 1.165) is 12.0 Å². The Morgan fingerprint density at radius 2 is 1.60 bits per heavy atom. The highest BCUT2D eigenvalue weighted by molar-refractivity contribution is 5.15. The Kier molecular flexibility index (Phi) is 5.37. The zero-order chi connectivity index (χ0) is 11.1. The largest absolute Gasteiger partial charge is 0.393 e. The van der Waals surface area contributed by atoms with Crippen molar-refractivity contribution in [3.8, 4) is 0 Å². The molecule has 0 heterocycles. The molecule has 0 aliphatic carbocycles. The van der Waals surface area contributed by atoms with Crippen LogP contribution in [0.1, 0.15) is 31.7 Å². The van der Waals surface area contributed by atoms with Crippen LogP contribution in [0.15, 0.2) is 30.3 Å². The van der Waals surface area contributed by atoms with Crippen LogP contribution in [0.3, 0.4) is 0 Å². The molecule has 0 bridgehead atoms. The Bertz CT molecular complexity index is 258. The lowest BCUT2D eigenvalue weighted by Gasteiger charge is -2.12. The Morgan fingerprint density at radius 1 is 1.00 bits per heavy atom. The van der Waals surface area contributed by atoms with Crippen LogP contribution in [0.5, 0.6) is 0 Å². The van der Waals surface area contributed by atoms with E-state index >= 15 is 0 Å². The highest BCUT2D eigenvalue weighted by Crippen LogP contribution is 2.09. The first kappa shape index (κ1) is 12.2. The lowest BCUT2D eigenvalue weighted by Crippen LogP contribution is -2.14. The zero-order valence-corrected chi connectivity index (χ0v) is 9.26. The molecule has 15 heavy (non-hydrogen) atoms. The third-order valence-corrected chi connectivity index (χ3v) is 2.62. The predicted octanol–water partition coefficient (Wildman–Crippen LogP) is 2.14. The molecule has 1 aromatic carbocycles. The van der Waals surface area contributed by atoms with Crippen molar-refractivity contribution >= 4 is 0 Å². The average Bonchev–Trinajstić information content (AvgIpc) is 2.27. The maximum absolute atomic E-state index is 9.74. The highest BCUT2D eigenvalue weighted by Gasteiger charge is 2.08. The molecule has 84 valence electrons. The number of benzene rings is 1. The monoisotopic (exact) mass is 208 g/mol. The van der Waals surface area contributed by atoms with Crippen molar-refractivity contribution in [3.63, 3.8) is 0 Å². The second kappa shape index (κ2) is 6.59. The lowest BCUT2D eigenvalue weighted by molar-refractivity contribution is 0.112. The zero-order valence-electron chi connectivity index (χ0n) is 9.26. The van der Waals surface area contributed by atoms with Crippen LogP contribution in [-0.2, 0) is 6.42 Å². The van der Waals surface area contributed by atoms with Crippen molar-refractivity contribution < 1.29 is 10.2 Å². The van der Waals surface area contributed by atoms with Gasteiger partial charge in [0.25, 0.3) is 0 Å². The number of hydrogen-bond donors (Lipinski definition) is 2. The first-order valence-corrected chi connectivity index (χ1v) is 5.62. The number of hydrogen-bond acceptors (Lipinski definition) is 2. The van der Waals surface area contributed by atoms with Gasteiger partial charge in [-0.2, -0.15) is 0 Å². The molecule has 0 saturated heterocycles. The van der Waals surface area contributed by atoms with Crippen LogP contribution in [0.4, 0.5) is 0 Å². The van der Waals surface area contributed by atoms with Gasteiger partial charge >= 0.3 is 0 Å². The van der Waals surface area contributed by atoms with Crippen molar-refractivity contribution in [1.82, 2.24) is 0 Å². The molecular weight excluding hydrogens is 188 g/mol. The van der Waals surface area contributed by atoms with E-state index in [1.807, 2.05) is 37.3 Å². The van der Waals surface area contributed by atoms with Gasteiger partial charge in [-0.3, -0.25) is 0 Å².